The molecule has 0 fully saturated rings. The summed E-state index contributed by atoms with van der Waals surface area (Å²) in [5, 5.41) is 11.1. The summed E-state index contributed by atoms with van der Waals surface area (Å²) in [4.78, 5) is 13.1. The lowest BCUT2D eigenvalue weighted by atomic mass is 10.1. The maximum absolute atomic E-state index is 11.6. The van der Waals surface area contributed by atoms with E-state index in [1.165, 1.54) is 4.90 Å². The van der Waals surface area contributed by atoms with Crippen LogP contribution in [-0.2, 0) is 0 Å². The average Bonchev–Trinajstić information content (AvgIpc) is 2.35. The van der Waals surface area contributed by atoms with Gasteiger partial charge in [-0.3, -0.25) is 4.79 Å². The fraction of sp³-hybridized carbons (Fsp3) is 0.583. The van der Waals surface area contributed by atoms with Crippen LogP contribution < -0.4 is 11.1 Å². The molecule has 1 heterocycles. The van der Waals surface area contributed by atoms with E-state index < -0.39 is 0 Å². The van der Waals surface area contributed by atoms with Gasteiger partial charge in [0, 0.05) is 26.7 Å². The lowest BCUT2D eigenvalue weighted by Crippen LogP contribution is -2.34. The summed E-state index contributed by atoms with van der Waals surface area (Å²) in [6.45, 7) is 4.70. The van der Waals surface area contributed by atoms with Crippen LogP contribution in [0.15, 0.2) is 12.1 Å². The lowest BCUT2D eigenvalue weighted by molar-refractivity contribution is 0.0821. The first-order valence-electron chi connectivity index (χ1n) is 5.97. The first-order valence-corrected chi connectivity index (χ1v) is 5.97. The molecule has 6 nitrogen and oxygen atoms in total. The second kappa shape index (κ2) is 6.30. The van der Waals surface area contributed by atoms with Gasteiger partial charge in [-0.05, 0) is 18.1 Å². The third-order valence-electron chi connectivity index (χ3n) is 2.68. The van der Waals surface area contributed by atoms with Crippen LogP contribution in [0.25, 0.3) is 0 Å². The van der Waals surface area contributed by atoms with Crippen LogP contribution in [-0.4, -0.2) is 47.7 Å². The highest BCUT2D eigenvalue weighted by atomic mass is 16.2. The Morgan fingerprint density at radius 2 is 2.06 bits per heavy atom. The fourth-order valence-electron chi connectivity index (χ4n) is 1.44. The Morgan fingerprint density at radius 1 is 1.39 bits per heavy atom. The zero-order valence-electron chi connectivity index (χ0n) is 11.3. The Labute approximate surface area is 108 Å². The molecule has 1 rings (SSSR count). The molecule has 0 saturated carbocycles. The second-order valence-corrected chi connectivity index (χ2v) is 4.73. The Balaban J connectivity index is 2.74. The minimum Gasteiger partial charge on any atom is -0.364 e. The van der Waals surface area contributed by atoms with E-state index >= 15 is 0 Å². The molecule has 1 aromatic heterocycles. The molecular weight excluding hydrogens is 230 g/mol. The molecule has 0 bridgehead atoms. The van der Waals surface area contributed by atoms with Gasteiger partial charge in [0.2, 0.25) is 0 Å². The predicted molar refractivity (Wildman–Crippen MR) is 71.4 cm³/mol. The van der Waals surface area contributed by atoms with Crippen molar-refractivity contribution < 1.29 is 4.79 Å². The Morgan fingerprint density at radius 3 is 2.44 bits per heavy atom. The van der Waals surface area contributed by atoms with Crippen molar-refractivity contribution in [3.8, 4) is 0 Å². The number of nitrogens with one attached hydrogen (secondary N) is 1. The molecule has 0 spiro atoms. The SMILES string of the molecule is CC(C)C(CN)Nc1ccc(C(=O)N(C)C)nn1. The number of rotatable bonds is 5. The molecule has 1 unspecified atom stereocenters. The Hall–Kier alpha value is -1.69. The average molecular weight is 251 g/mol. The molecule has 1 aromatic rings. The van der Waals surface area contributed by atoms with Crippen LogP contribution >= 0.6 is 0 Å². The van der Waals surface area contributed by atoms with Crippen molar-refractivity contribution in [1.82, 2.24) is 15.1 Å². The highest BCUT2D eigenvalue weighted by Crippen LogP contribution is 2.09. The molecule has 0 aliphatic rings. The Kier molecular flexibility index (Phi) is 5.03. The number of carbonyl (C=O) groups is 1. The molecule has 0 aromatic carbocycles. The summed E-state index contributed by atoms with van der Waals surface area (Å²) in [7, 11) is 3.36. The van der Waals surface area contributed by atoms with E-state index in [9.17, 15) is 4.79 Å². The molecule has 100 valence electrons. The molecule has 0 saturated heterocycles. The van der Waals surface area contributed by atoms with Gasteiger partial charge < -0.3 is 16.0 Å². The van der Waals surface area contributed by atoms with Crippen LogP contribution in [0.5, 0.6) is 0 Å². The highest BCUT2D eigenvalue weighted by molar-refractivity contribution is 5.91. The van der Waals surface area contributed by atoms with Crippen LogP contribution in [0.1, 0.15) is 24.3 Å². The van der Waals surface area contributed by atoms with Crippen molar-refractivity contribution in [3.05, 3.63) is 17.8 Å². The number of nitrogens with zero attached hydrogens (tertiary/aromatic N) is 3. The van der Waals surface area contributed by atoms with Crippen molar-refractivity contribution in [2.75, 3.05) is 26.0 Å². The van der Waals surface area contributed by atoms with E-state index in [0.29, 0.717) is 24.0 Å². The maximum atomic E-state index is 11.6. The van der Waals surface area contributed by atoms with Gasteiger partial charge in [-0.1, -0.05) is 13.8 Å². The molecule has 0 aliphatic carbocycles. The topological polar surface area (TPSA) is 84.1 Å². The molecule has 6 heteroatoms. The molecule has 1 amide bonds. The summed E-state index contributed by atoms with van der Waals surface area (Å²) in [6.07, 6.45) is 0. The quantitative estimate of drug-likeness (QED) is 0.799. The molecule has 18 heavy (non-hydrogen) atoms. The fourth-order valence-corrected chi connectivity index (χ4v) is 1.44. The van der Waals surface area contributed by atoms with Crippen molar-refractivity contribution in [2.45, 2.75) is 19.9 Å². The van der Waals surface area contributed by atoms with Gasteiger partial charge in [0.05, 0.1) is 0 Å². The summed E-state index contributed by atoms with van der Waals surface area (Å²) in [5.74, 6) is 0.877. The number of aromatic nitrogens is 2. The zero-order chi connectivity index (χ0) is 13.7. The van der Waals surface area contributed by atoms with Gasteiger partial charge in [-0.15, -0.1) is 10.2 Å². The van der Waals surface area contributed by atoms with E-state index in [2.05, 4.69) is 29.4 Å². The maximum Gasteiger partial charge on any atom is 0.273 e. The largest absolute Gasteiger partial charge is 0.364 e. The molecule has 1 atom stereocenters. The third-order valence-corrected chi connectivity index (χ3v) is 2.68. The van der Waals surface area contributed by atoms with Gasteiger partial charge in [0.1, 0.15) is 5.82 Å². The van der Waals surface area contributed by atoms with Crippen molar-refractivity contribution in [3.63, 3.8) is 0 Å². The summed E-state index contributed by atoms with van der Waals surface area (Å²) in [5.41, 5.74) is 6.00. The number of anilines is 1. The monoisotopic (exact) mass is 251 g/mol. The smallest absolute Gasteiger partial charge is 0.273 e. The highest BCUT2D eigenvalue weighted by Gasteiger charge is 2.13. The minimum absolute atomic E-state index is 0.148. The van der Waals surface area contributed by atoms with Gasteiger partial charge in [0.15, 0.2) is 5.69 Å². The van der Waals surface area contributed by atoms with Crippen LogP contribution in [0.3, 0.4) is 0 Å². The summed E-state index contributed by atoms with van der Waals surface area (Å²) < 4.78 is 0. The first-order chi connectivity index (χ1) is 8.45. The molecular formula is C12H21N5O. The number of nitrogens with two attached hydrogens (primary N) is 1. The van der Waals surface area contributed by atoms with E-state index in [1.807, 2.05) is 0 Å². The van der Waals surface area contributed by atoms with Crippen molar-refractivity contribution in [1.29, 1.82) is 0 Å². The summed E-state index contributed by atoms with van der Waals surface area (Å²) in [6, 6.07) is 3.55. The zero-order valence-corrected chi connectivity index (χ0v) is 11.3. The van der Waals surface area contributed by atoms with Gasteiger partial charge in [-0.25, -0.2) is 0 Å². The van der Waals surface area contributed by atoms with E-state index in [1.54, 1.807) is 26.2 Å². The van der Waals surface area contributed by atoms with Gasteiger partial charge in [0.25, 0.3) is 5.91 Å². The lowest BCUT2D eigenvalue weighted by Gasteiger charge is -2.20. The first kappa shape index (κ1) is 14.4. The second-order valence-electron chi connectivity index (χ2n) is 4.73. The Bertz CT molecular complexity index is 388. The molecule has 0 aliphatic heterocycles. The number of hydrogen-bond acceptors (Lipinski definition) is 5. The van der Waals surface area contributed by atoms with Crippen LogP contribution in [0.2, 0.25) is 0 Å². The van der Waals surface area contributed by atoms with E-state index in [4.69, 9.17) is 5.73 Å². The van der Waals surface area contributed by atoms with Gasteiger partial charge in [-0.2, -0.15) is 0 Å². The molecule has 0 radical (unpaired) electrons. The van der Waals surface area contributed by atoms with Crippen molar-refractivity contribution in [2.24, 2.45) is 11.7 Å². The van der Waals surface area contributed by atoms with Gasteiger partial charge >= 0.3 is 0 Å². The number of carbonyl (C=O) groups excluding carboxylic acids is 1. The van der Waals surface area contributed by atoms with E-state index in [0.717, 1.165) is 0 Å². The normalized spacial score (nSPS) is 12.3. The van der Waals surface area contributed by atoms with Crippen LogP contribution in [0.4, 0.5) is 5.82 Å². The minimum atomic E-state index is -0.159. The third kappa shape index (κ3) is 3.66. The standard InChI is InChI=1S/C12H21N5O/c1-8(2)10(7-13)14-11-6-5-9(15-16-11)12(18)17(3)4/h5-6,8,10H,7,13H2,1-4H3,(H,14,16). The number of hydrogen-bond donors (Lipinski definition) is 2. The van der Waals surface area contributed by atoms with Crippen LogP contribution in [0, 0.1) is 5.92 Å². The molecule has 3 N–H and O–H groups in total. The van der Waals surface area contributed by atoms with Crippen molar-refractivity contribution >= 4 is 11.7 Å². The van der Waals surface area contributed by atoms with E-state index in [-0.39, 0.29) is 11.9 Å². The summed E-state index contributed by atoms with van der Waals surface area (Å²) >= 11 is 0. The number of amides is 1. The predicted octanol–water partition coefficient (Wildman–Crippen LogP) is 0.574.